The molecule has 1 N–H and O–H groups in total. The van der Waals surface area contributed by atoms with Crippen LogP contribution in [0.3, 0.4) is 0 Å². The van der Waals surface area contributed by atoms with Gasteiger partial charge in [0.1, 0.15) is 0 Å². The van der Waals surface area contributed by atoms with Crippen LogP contribution < -0.4 is 0 Å². The standard InChI is InChI=1S/C20H32N4S/c1-19(2)15-5-8-20(19,3)17(11-15)23-18(25-4)24-9-6-14(7-10-24)16-12-21-13-22-16/h12-15,17H,5-11H2,1-4H3,(H,21,22)/t15-,17+,20+/m1/s1. The third kappa shape index (κ3) is 2.73. The predicted molar refractivity (Wildman–Crippen MR) is 106 cm³/mol. The number of H-pyrrole nitrogens is 1. The zero-order chi connectivity index (χ0) is 17.7. The molecule has 2 aliphatic carbocycles. The normalized spacial score (nSPS) is 35.5. The monoisotopic (exact) mass is 360 g/mol. The van der Waals surface area contributed by atoms with E-state index in [1.807, 2.05) is 18.0 Å². The predicted octanol–water partition coefficient (Wildman–Crippen LogP) is 4.52. The van der Waals surface area contributed by atoms with Crippen molar-refractivity contribution in [2.45, 2.75) is 64.8 Å². The van der Waals surface area contributed by atoms with Crippen LogP contribution in [0.4, 0.5) is 0 Å². The molecule has 0 amide bonds. The lowest BCUT2D eigenvalue weighted by atomic mass is 9.69. The molecule has 3 aliphatic rings. The van der Waals surface area contributed by atoms with Crippen LogP contribution in [-0.2, 0) is 0 Å². The lowest BCUT2D eigenvalue weighted by molar-refractivity contribution is 0.136. The number of amidine groups is 1. The number of aromatic amines is 1. The third-order valence-electron chi connectivity index (χ3n) is 7.92. The molecule has 4 nitrogen and oxygen atoms in total. The molecule has 1 aliphatic heterocycles. The molecule has 5 heteroatoms. The summed E-state index contributed by atoms with van der Waals surface area (Å²) >= 11 is 1.84. The molecule has 1 aromatic rings. The van der Waals surface area contributed by atoms with E-state index in [0.717, 1.165) is 19.0 Å². The van der Waals surface area contributed by atoms with Gasteiger partial charge in [-0.25, -0.2) is 4.98 Å². The fraction of sp³-hybridized carbons (Fsp3) is 0.800. The van der Waals surface area contributed by atoms with E-state index in [9.17, 15) is 0 Å². The summed E-state index contributed by atoms with van der Waals surface area (Å²) < 4.78 is 0. The largest absolute Gasteiger partial charge is 0.351 e. The van der Waals surface area contributed by atoms with E-state index in [0.29, 0.717) is 22.8 Å². The topological polar surface area (TPSA) is 44.3 Å². The highest BCUT2D eigenvalue weighted by molar-refractivity contribution is 8.13. The zero-order valence-electron chi connectivity index (χ0n) is 16.1. The highest BCUT2D eigenvalue weighted by Gasteiger charge is 2.61. The minimum atomic E-state index is 0.382. The summed E-state index contributed by atoms with van der Waals surface area (Å²) in [5.74, 6) is 1.49. The number of likely N-dealkylation sites (tertiary alicyclic amines) is 1. The summed E-state index contributed by atoms with van der Waals surface area (Å²) in [6.07, 6.45) is 12.4. The maximum absolute atomic E-state index is 5.34. The van der Waals surface area contributed by atoms with Gasteiger partial charge in [0.05, 0.1) is 12.4 Å². The number of hydrogen-bond acceptors (Lipinski definition) is 3. The molecule has 4 rings (SSSR count). The quantitative estimate of drug-likeness (QED) is 0.623. The number of nitrogens with one attached hydrogen (secondary N) is 1. The smallest absolute Gasteiger partial charge is 0.159 e. The van der Waals surface area contributed by atoms with Crippen LogP contribution >= 0.6 is 11.8 Å². The molecule has 2 bridgehead atoms. The van der Waals surface area contributed by atoms with Gasteiger partial charge in [-0.15, -0.1) is 0 Å². The number of fused-ring (bicyclic) bond motifs is 2. The Morgan fingerprint density at radius 2 is 2.04 bits per heavy atom. The van der Waals surface area contributed by atoms with E-state index < -0.39 is 0 Å². The van der Waals surface area contributed by atoms with Gasteiger partial charge in [-0.2, -0.15) is 0 Å². The first kappa shape index (κ1) is 17.4. The minimum absolute atomic E-state index is 0.382. The van der Waals surface area contributed by atoms with E-state index in [-0.39, 0.29) is 0 Å². The Hall–Kier alpha value is -0.970. The molecule has 1 aromatic heterocycles. The minimum Gasteiger partial charge on any atom is -0.351 e. The van der Waals surface area contributed by atoms with Gasteiger partial charge in [0.25, 0.3) is 0 Å². The SMILES string of the molecule is CSC(=N[C@H]1C[C@H]2CC[C@]1(C)C2(C)C)N1CCC(c2cnc[nH]2)CC1. The van der Waals surface area contributed by atoms with Crippen LogP contribution in [0.1, 0.15) is 64.5 Å². The van der Waals surface area contributed by atoms with Crippen molar-refractivity contribution in [2.24, 2.45) is 21.7 Å². The van der Waals surface area contributed by atoms with Crippen LogP contribution in [-0.4, -0.2) is 45.4 Å². The highest BCUT2D eigenvalue weighted by atomic mass is 32.2. The van der Waals surface area contributed by atoms with Gasteiger partial charge in [0, 0.05) is 30.9 Å². The summed E-state index contributed by atoms with van der Waals surface area (Å²) in [6, 6.07) is 0.508. The van der Waals surface area contributed by atoms with E-state index in [4.69, 9.17) is 4.99 Å². The molecular formula is C20H32N4S. The van der Waals surface area contributed by atoms with Crippen molar-refractivity contribution in [1.29, 1.82) is 0 Å². The summed E-state index contributed by atoms with van der Waals surface area (Å²) in [5, 5.41) is 1.28. The van der Waals surface area contributed by atoms with Crippen molar-refractivity contribution in [2.75, 3.05) is 19.3 Å². The van der Waals surface area contributed by atoms with Crippen LogP contribution in [0.15, 0.2) is 17.5 Å². The van der Waals surface area contributed by atoms with Crippen molar-refractivity contribution in [3.05, 3.63) is 18.2 Å². The van der Waals surface area contributed by atoms with Crippen molar-refractivity contribution in [1.82, 2.24) is 14.9 Å². The summed E-state index contributed by atoms with van der Waals surface area (Å²) in [5.41, 5.74) is 2.12. The lowest BCUT2D eigenvalue weighted by Crippen LogP contribution is -2.39. The number of hydrogen-bond donors (Lipinski definition) is 1. The number of piperidine rings is 1. The Morgan fingerprint density at radius 3 is 2.56 bits per heavy atom. The van der Waals surface area contributed by atoms with Crippen LogP contribution in [0.25, 0.3) is 0 Å². The Bertz CT molecular complexity index is 630. The molecule has 2 heterocycles. The summed E-state index contributed by atoms with van der Waals surface area (Å²) in [6.45, 7) is 9.68. The maximum Gasteiger partial charge on any atom is 0.159 e. The van der Waals surface area contributed by atoms with E-state index in [1.54, 1.807) is 6.33 Å². The molecule has 0 radical (unpaired) electrons. The number of nitrogens with zero attached hydrogens (tertiary/aromatic N) is 3. The van der Waals surface area contributed by atoms with E-state index in [1.165, 1.54) is 43.0 Å². The van der Waals surface area contributed by atoms with Crippen LogP contribution in [0, 0.1) is 16.7 Å². The van der Waals surface area contributed by atoms with Gasteiger partial charge in [-0.05, 0) is 55.1 Å². The number of aliphatic imine (C=N–C) groups is 1. The molecule has 1 saturated heterocycles. The zero-order valence-corrected chi connectivity index (χ0v) is 16.9. The second-order valence-corrected chi connectivity index (χ2v) is 9.78. The molecular weight excluding hydrogens is 328 g/mol. The first-order chi connectivity index (χ1) is 12.0. The van der Waals surface area contributed by atoms with Crippen LogP contribution in [0.2, 0.25) is 0 Å². The van der Waals surface area contributed by atoms with Crippen molar-refractivity contribution >= 4 is 16.9 Å². The van der Waals surface area contributed by atoms with Gasteiger partial charge >= 0.3 is 0 Å². The first-order valence-corrected chi connectivity index (χ1v) is 11.0. The van der Waals surface area contributed by atoms with Gasteiger partial charge in [-0.3, -0.25) is 4.99 Å². The second-order valence-electron chi connectivity index (χ2n) is 9.01. The molecule has 3 fully saturated rings. The number of aromatic nitrogens is 2. The van der Waals surface area contributed by atoms with Gasteiger partial charge in [-0.1, -0.05) is 32.5 Å². The Kier molecular flexibility index (Phi) is 4.41. The number of thioether (sulfide) groups is 1. The third-order valence-corrected chi connectivity index (χ3v) is 8.65. The van der Waals surface area contributed by atoms with Crippen molar-refractivity contribution in [3.8, 4) is 0 Å². The van der Waals surface area contributed by atoms with E-state index in [2.05, 4.69) is 41.9 Å². The van der Waals surface area contributed by atoms with E-state index >= 15 is 0 Å². The second kappa shape index (κ2) is 6.33. The molecule has 2 saturated carbocycles. The summed E-state index contributed by atoms with van der Waals surface area (Å²) in [4.78, 5) is 15.3. The molecule has 138 valence electrons. The average Bonchev–Trinajstić information content (AvgIpc) is 3.26. The molecule has 0 aromatic carbocycles. The van der Waals surface area contributed by atoms with Gasteiger partial charge in [0.15, 0.2) is 5.17 Å². The maximum atomic E-state index is 5.34. The number of rotatable bonds is 2. The van der Waals surface area contributed by atoms with Crippen molar-refractivity contribution < 1.29 is 0 Å². The first-order valence-electron chi connectivity index (χ1n) is 9.80. The summed E-state index contributed by atoms with van der Waals surface area (Å²) in [7, 11) is 0. The average molecular weight is 361 g/mol. The van der Waals surface area contributed by atoms with Crippen LogP contribution in [0.5, 0.6) is 0 Å². The highest BCUT2D eigenvalue weighted by Crippen LogP contribution is 2.66. The fourth-order valence-electron chi connectivity index (χ4n) is 5.63. The Morgan fingerprint density at radius 1 is 1.28 bits per heavy atom. The molecule has 25 heavy (non-hydrogen) atoms. The van der Waals surface area contributed by atoms with Gasteiger partial charge in [0.2, 0.25) is 0 Å². The molecule has 3 atom stereocenters. The number of imidazole rings is 1. The molecule has 0 spiro atoms. The van der Waals surface area contributed by atoms with Crippen molar-refractivity contribution in [3.63, 3.8) is 0 Å². The molecule has 0 unspecified atom stereocenters. The Labute approximate surface area is 156 Å². The lowest BCUT2D eigenvalue weighted by Gasteiger charge is -2.39. The fourth-order valence-corrected chi connectivity index (χ4v) is 6.30. The van der Waals surface area contributed by atoms with Gasteiger partial charge < -0.3 is 9.88 Å². The Balaban J connectivity index is 1.46.